The summed E-state index contributed by atoms with van der Waals surface area (Å²) < 4.78 is 29.0. The molecule has 118 valence electrons. The number of hydrogen-bond donors (Lipinski definition) is 1. The summed E-state index contributed by atoms with van der Waals surface area (Å²) >= 11 is 3.17. The molecule has 0 radical (unpaired) electrons. The van der Waals surface area contributed by atoms with Crippen molar-refractivity contribution in [2.45, 2.75) is 31.8 Å². The fourth-order valence-corrected chi connectivity index (χ4v) is 2.96. The van der Waals surface area contributed by atoms with Crippen LogP contribution in [-0.4, -0.2) is 27.0 Å². The third-order valence-corrected chi connectivity index (χ3v) is 4.36. The molecule has 8 heteroatoms. The fourth-order valence-electron chi connectivity index (χ4n) is 1.46. The lowest BCUT2D eigenvalue weighted by Crippen LogP contribution is -2.38. The van der Waals surface area contributed by atoms with Gasteiger partial charge in [-0.25, -0.2) is 8.42 Å². The Morgan fingerprint density at radius 3 is 2.52 bits per heavy atom. The van der Waals surface area contributed by atoms with Crippen LogP contribution in [0.2, 0.25) is 0 Å². The maximum atomic E-state index is 11.9. The lowest BCUT2D eigenvalue weighted by Gasteiger charge is -2.17. The van der Waals surface area contributed by atoms with Gasteiger partial charge >= 0.3 is 0 Å². The normalized spacial score (nSPS) is 13.0. The van der Waals surface area contributed by atoms with E-state index in [4.69, 9.17) is 15.4 Å². The summed E-state index contributed by atoms with van der Waals surface area (Å²) in [6, 6.07) is 4.39. The number of rotatable bonds is 6. The highest BCUT2D eigenvalue weighted by Gasteiger charge is 2.21. The molecule has 21 heavy (non-hydrogen) atoms. The van der Waals surface area contributed by atoms with Gasteiger partial charge in [0.2, 0.25) is 0 Å². The van der Waals surface area contributed by atoms with Crippen molar-refractivity contribution in [2.24, 2.45) is 5.92 Å². The Labute approximate surface area is 137 Å². The van der Waals surface area contributed by atoms with Gasteiger partial charge in [-0.3, -0.25) is 4.79 Å². The SMILES string of the molecule is CC(C)CNC(=O)C(C)Oc1ccc(Br)cc1S(=O)(=O)Cl. The smallest absolute Gasteiger partial charge is 0.265 e. The molecule has 0 bridgehead atoms. The number of amides is 1. The summed E-state index contributed by atoms with van der Waals surface area (Å²) in [5.41, 5.74) is 0. The van der Waals surface area contributed by atoms with Crippen LogP contribution in [0.15, 0.2) is 27.6 Å². The van der Waals surface area contributed by atoms with Gasteiger partial charge in [-0.15, -0.1) is 0 Å². The van der Waals surface area contributed by atoms with Gasteiger partial charge in [-0.2, -0.15) is 0 Å². The third-order valence-electron chi connectivity index (χ3n) is 2.53. The van der Waals surface area contributed by atoms with Crippen LogP contribution < -0.4 is 10.1 Å². The number of carbonyl (C=O) groups is 1. The Bertz CT molecular complexity index is 619. The number of halogens is 2. The van der Waals surface area contributed by atoms with Crippen molar-refractivity contribution in [3.63, 3.8) is 0 Å². The highest BCUT2D eigenvalue weighted by Crippen LogP contribution is 2.30. The van der Waals surface area contributed by atoms with Crippen LogP contribution in [0.5, 0.6) is 5.75 Å². The van der Waals surface area contributed by atoms with E-state index in [2.05, 4.69) is 21.2 Å². The Morgan fingerprint density at radius 1 is 1.38 bits per heavy atom. The van der Waals surface area contributed by atoms with Crippen LogP contribution in [0.3, 0.4) is 0 Å². The van der Waals surface area contributed by atoms with E-state index < -0.39 is 15.2 Å². The molecule has 1 aromatic rings. The van der Waals surface area contributed by atoms with Gasteiger partial charge in [-0.05, 0) is 31.0 Å². The molecule has 0 aliphatic heterocycles. The molecule has 0 aromatic heterocycles. The summed E-state index contributed by atoms with van der Waals surface area (Å²) in [6.07, 6.45) is -0.831. The van der Waals surface area contributed by atoms with Crippen LogP contribution in [0.1, 0.15) is 20.8 Å². The largest absolute Gasteiger partial charge is 0.479 e. The lowest BCUT2D eigenvalue weighted by atomic mass is 10.2. The summed E-state index contributed by atoms with van der Waals surface area (Å²) in [5, 5.41) is 2.72. The molecule has 1 amide bonds. The van der Waals surface area contributed by atoms with Crippen molar-refractivity contribution in [3.05, 3.63) is 22.7 Å². The average Bonchev–Trinajstić information content (AvgIpc) is 2.36. The van der Waals surface area contributed by atoms with E-state index in [0.29, 0.717) is 16.9 Å². The van der Waals surface area contributed by atoms with Gasteiger partial charge in [-0.1, -0.05) is 29.8 Å². The number of benzene rings is 1. The van der Waals surface area contributed by atoms with Gasteiger partial charge in [0, 0.05) is 21.7 Å². The van der Waals surface area contributed by atoms with E-state index in [9.17, 15) is 13.2 Å². The molecule has 0 spiro atoms. The molecule has 0 fully saturated rings. The molecule has 1 aromatic carbocycles. The number of carbonyl (C=O) groups excluding carboxylic acids is 1. The van der Waals surface area contributed by atoms with E-state index in [1.807, 2.05) is 13.8 Å². The van der Waals surface area contributed by atoms with Gasteiger partial charge in [0.15, 0.2) is 6.10 Å². The minimum absolute atomic E-state index is 0.0420. The lowest BCUT2D eigenvalue weighted by molar-refractivity contribution is -0.127. The van der Waals surface area contributed by atoms with E-state index >= 15 is 0 Å². The first-order chi connectivity index (χ1) is 9.61. The van der Waals surface area contributed by atoms with Gasteiger partial charge < -0.3 is 10.1 Å². The zero-order valence-corrected chi connectivity index (χ0v) is 15.0. The molecule has 0 aliphatic rings. The Morgan fingerprint density at radius 2 is 2.00 bits per heavy atom. The monoisotopic (exact) mass is 397 g/mol. The molecule has 1 unspecified atom stereocenters. The third kappa shape index (κ3) is 5.84. The quantitative estimate of drug-likeness (QED) is 0.748. The van der Waals surface area contributed by atoms with Crippen LogP contribution in [0.25, 0.3) is 0 Å². The van der Waals surface area contributed by atoms with Crippen molar-refractivity contribution in [3.8, 4) is 5.75 Å². The number of ether oxygens (including phenoxy) is 1. The van der Waals surface area contributed by atoms with Crippen molar-refractivity contribution in [1.29, 1.82) is 0 Å². The molecule has 0 aliphatic carbocycles. The van der Waals surface area contributed by atoms with Crippen molar-refractivity contribution >= 4 is 41.6 Å². The van der Waals surface area contributed by atoms with E-state index in [1.165, 1.54) is 12.1 Å². The molecule has 0 saturated carbocycles. The van der Waals surface area contributed by atoms with Gasteiger partial charge in [0.05, 0.1) is 0 Å². The second-order valence-corrected chi connectivity index (χ2v) is 8.38. The minimum atomic E-state index is -3.97. The molecule has 0 saturated heterocycles. The van der Waals surface area contributed by atoms with Crippen LogP contribution in [0.4, 0.5) is 0 Å². The zero-order chi connectivity index (χ0) is 16.2. The molecule has 1 rings (SSSR count). The maximum Gasteiger partial charge on any atom is 0.265 e. The topological polar surface area (TPSA) is 72.5 Å². The van der Waals surface area contributed by atoms with Crippen molar-refractivity contribution in [2.75, 3.05) is 6.54 Å². The molecular weight excluding hydrogens is 382 g/mol. The van der Waals surface area contributed by atoms with Crippen LogP contribution in [-0.2, 0) is 13.8 Å². The minimum Gasteiger partial charge on any atom is -0.479 e. The number of nitrogens with one attached hydrogen (secondary N) is 1. The van der Waals surface area contributed by atoms with Crippen molar-refractivity contribution < 1.29 is 17.9 Å². The highest BCUT2D eigenvalue weighted by molar-refractivity contribution is 9.10. The van der Waals surface area contributed by atoms with E-state index in [0.717, 1.165) is 0 Å². The Kier molecular flexibility index (Phi) is 6.49. The second kappa shape index (κ2) is 7.47. The van der Waals surface area contributed by atoms with Crippen LogP contribution >= 0.6 is 26.6 Å². The molecular formula is C13H17BrClNO4S. The van der Waals surface area contributed by atoms with Gasteiger partial charge in [0.1, 0.15) is 10.6 Å². The standard InChI is InChI=1S/C13H17BrClNO4S/c1-8(2)7-16-13(17)9(3)20-11-5-4-10(14)6-12(11)21(15,18)19/h4-6,8-9H,7H2,1-3H3,(H,16,17). The van der Waals surface area contributed by atoms with E-state index in [1.54, 1.807) is 13.0 Å². The maximum absolute atomic E-state index is 11.9. The Balaban J connectivity index is 2.90. The number of hydrogen-bond acceptors (Lipinski definition) is 4. The average molecular weight is 399 g/mol. The summed E-state index contributed by atoms with van der Waals surface area (Å²) in [6.45, 7) is 6.01. The van der Waals surface area contributed by atoms with Crippen molar-refractivity contribution in [1.82, 2.24) is 5.32 Å². The first-order valence-electron chi connectivity index (χ1n) is 6.30. The van der Waals surface area contributed by atoms with Crippen LogP contribution in [0, 0.1) is 5.92 Å². The first-order valence-corrected chi connectivity index (χ1v) is 9.40. The highest BCUT2D eigenvalue weighted by atomic mass is 79.9. The first kappa shape index (κ1) is 18.3. The molecule has 1 N–H and O–H groups in total. The summed E-state index contributed by atoms with van der Waals surface area (Å²) in [7, 11) is 1.40. The summed E-state index contributed by atoms with van der Waals surface area (Å²) in [5.74, 6) is 0.0394. The zero-order valence-electron chi connectivity index (χ0n) is 11.9. The Hall–Kier alpha value is -0.790. The molecule has 0 heterocycles. The fraction of sp³-hybridized carbons (Fsp3) is 0.462. The van der Waals surface area contributed by atoms with Gasteiger partial charge in [0.25, 0.3) is 15.0 Å². The predicted molar refractivity (Wildman–Crippen MR) is 85.1 cm³/mol. The van der Waals surface area contributed by atoms with E-state index in [-0.39, 0.29) is 16.6 Å². The second-order valence-electron chi connectivity index (χ2n) is 4.93. The summed E-state index contributed by atoms with van der Waals surface area (Å²) in [4.78, 5) is 11.7. The molecule has 5 nitrogen and oxygen atoms in total. The molecule has 1 atom stereocenters. The predicted octanol–water partition coefficient (Wildman–Crippen LogP) is 2.92.